The number of carbonyl (C=O) groups excluding carboxylic acids is 2. The van der Waals surface area contributed by atoms with E-state index in [4.69, 9.17) is 17.0 Å². The lowest BCUT2D eigenvalue weighted by Crippen LogP contribution is -2.53. The fourth-order valence-corrected chi connectivity index (χ4v) is 2.87. The van der Waals surface area contributed by atoms with Gasteiger partial charge in [-0.1, -0.05) is 12.1 Å². The summed E-state index contributed by atoms with van der Waals surface area (Å²) in [6, 6.07) is 5.59. The average molecular weight is 343 g/mol. The molecule has 1 aromatic rings. The van der Waals surface area contributed by atoms with Crippen molar-refractivity contribution in [2.24, 2.45) is 0 Å². The van der Waals surface area contributed by atoms with Crippen LogP contribution in [0.4, 0.5) is 5.69 Å². The number of thiocarbonyl (C=S) groups is 1. The second kappa shape index (κ2) is 6.45. The normalized spacial score (nSPS) is 19.0. The van der Waals surface area contributed by atoms with E-state index in [-0.39, 0.29) is 17.2 Å². The summed E-state index contributed by atoms with van der Waals surface area (Å²) < 4.78 is 5.65. The van der Waals surface area contributed by atoms with Crippen molar-refractivity contribution < 1.29 is 14.3 Å². The highest BCUT2D eigenvalue weighted by atomic mass is 32.1. The largest absolute Gasteiger partial charge is 0.490 e. The molecule has 0 atom stereocenters. The van der Waals surface area contributed by atoms with Gasteiger partial charge in [-0.3, -0.25) is 19.8 Å². The molecule has 2 heterocycles. The molecule has 6 nitrogen and oxygen atoms in total. The van der Waals surface area contributed by atoms with E-state index >= 15 is 0 Å². The lowest BCUT2D eigenvalue weighted by molar-refractivity contribution is -0.128. The number of nitrogens with zero attached hydrogens (tertiary/aromatic N) is 2. The number of benzene rings is 1. The first kappa shape index (κ1) is 16.2. The van der Waals surface area contributed by atoms with Gasteiger partial charge >= 0.3 is 0 Å². The van der Waals surface area contributed by atoms with Crippen molar-refractivity contribution >= 4 is 40.9 Å². The van der Waals surface area contributed by atoms with E-state index in [1.165, 1.54) is 4.90 Å². The van der Waals surface area contributed by atoms with Gasteiger partial charge in [0.15, 0.2) is 5.11 Å². The van der Waals surface area contributed by atoms with Crippen molar-refractivity contribution in [3.05, 3.63) is 42.0 Å². The Morgan fingerprint density at radius 1 is 1.42 bits per heavy atom. The minimum atomic E-state index is -0.499. The highest BCUT2D eigenvalue weighted by Gasteiger charge is 2.32. The van der Waals surface area contributed by atoms with Gasteiger partial charge in [0.05, 0.1) is 12.2 Å². The summed E-state index contributed by atoms with van der Waals surface area (Å²) in [6.07, 6.45) is 3.11. The first-order valence-electron chi connectivity index (χ1n) is 7.49. The van der Waals surface area contributed by atoms with Crippen LogP contribution in [-0.4, -0.2) is 48.6 Å². The van der Waals surface area contributed by atoms with E-state index in [0.717, 1.165) is 18.0 Å². The molecule has 0 aliphatic carbocycles. The number of amides is 2. The molecule has 24 heavy (non-hydrogen) atoms. The molecule has 1 aromatic carbocycles. The Hall–Kier alpha value is -2.67. The molecular weight excluding hydrogens is 326 g/mol. The summed E-state index contributed by atoms with van der Waals surface area (Å²) in [7, 11) is 1.99. The Bertz CT molecular complexity index is 772. The molecule has 0 bridgehead atoms. The van der Waals surface area contributed by atoms with Crippen LogP contribution in [0, 0.1) is 0 Å². The predicted molar refractivity (Wildman–Crippen MR) is 95.8 cm³/mol. The van der Waals surface area contributed by atoms with E-state index < -0.39 is 11.8 Å². The van der Waals surface area contributed by atoms with E-state index in [1.54, 1.807) is 12.2 Å². The molecule has 2 aliphatic heterocycles. The summed E-state index contributed by atoms with van der Waals surface area (Å²) in [6.45, 7) is 5.27. The smallest absolute Gasteiger partial charge is 0.265 e. The molecule has 7 heteroatoms. The Labute approximate surface area is 145 Å². The SMILES string of the molecule is C=CCN1C(=O)C(=Cc2ccc3c(c2)OCCN3C)C(=O)NC1=S. The van der Waals surface area contributed by atoms with Crippen LogP contribution in [-0.2, 0) is 9.59 Å². The monoisotopic (exact) mass is 343 g/mol. The molecule has 0 radical (unpaired) electrons. The number of anilines is 1. The number of fused-ring (bicyclic) bond motifs is 1. The van der Waals surface area contributed by atoms with Gasteiger partial charge in [0.2, 0.25) is 0 Å². The van der Waals surface area contributed by atoms with Gasteiger partial charge in [-0.05, 0) is 36.0 Å². The highest BCUT2D eigenvalue weighted by molar-refractivity contribution is 7.80. The summed E-state index contributed by atoms with van der Waals surface area (Å²) in [4.78, 5) is 28.0. The van der Waals surface area contributed by atoms with Crippen molar-refractivity contribution in [2.75, 3.05) is 31.6 Å². The van der Waals surface area contributed by atoms with Crippen LogP contribution in [0.2, 0.25) is 0 Å². The van der Waals surface area contributed by atoms with Crippen LogP contribution < -0.4 is 15.0 Å². The maximum absolute atomic E-state index is 12.5. The van der Waals surface area contributed by atoms with Crippen molar-refractivity contribution in [2.45, 2.75) is 0 Å². The van der Waals surface area contributed by atoms with E-state index in [0.29, 0.717) is 12.2 Å². The molecule has 0 unspecified atom stereocenters. The van der Waals surface area contributed by atoms with Gasteiger partial charge in [0.25, 0.3) is 11.8 Å². The number of hydrogen-bond acceptors (Lipinski definition) is 5. The Morgan fingerprint density at radius 2 is 2.21 bits per heavy atom. The fourth-order valence-electron chi connectivity index (χ4n) is 2.62. The maximum atomic E-state index is 12.5. The average Bonchev–Trinajstić information content (AvgIpc) is 2.55. The second-order valence-electron chi connectivity index (χ2n) is 5.52. The van der Waals surface area contributed by atoms with E-state index in [2.05, 4.69) is 16.8 Å². The van der Waals surface area contributed by atoms with Crippen LogP contribution in [0.25, 0.3) is 6.08 Å². The van der Waals surface area contributed by atoms with Gasteiger partial charge in [-0.2, -0.15) is 0 Å². The number of nitrogens with one attached hydrogen (secondary N) is 1. The second-order valence-corrected chi connectivity index (χ2v) is 5.91. The summed E-state index contributed by atoms with van der Waals surface area (Å²) >= 11 is 5.03. The molecule has 3 rings (SSSR count). The van der Waals surface area contributed by atoms with Crippen LogP contribution in [0.3, 0.4) is 0 Å². The zero-order chi connectivity index (χ0) is 17.3. The summed E-state index contributed by atoms with van der Waals surface area (Å²) in [5.41, 5.74) is 1.74. The molecule has 0 saturated carbocycles. The molecule has 124 valence electrons. The highest BCUT2D eigenvalue weighted by Crippen LogP contribution is 2.32. The van der Waals surface area contributed by atoms with Crippen LogP contribution >= 0.6 is 12.2 Å². The van der Waals surface area contributed by atoms with Crippen LogP contribution in [0.15, 0.2) is 36.4 Å². The van der Waals surface area contributed by atoms with Gasteiger partial charge in [0.1, 0.15) is 17.9 Å². The minimum absolute atomic E-state index is 0.0366. The third kappa shape index (κ3) is 2.90. The zero-order valence-corrected chi connectivity index (χ0v) is 14.1. The standard InChI is InChI=1S/C17H17N3O3S/c1-3-6-20-16(22)12(15(21)18-17(20)24)9-11-4-5-13-14(10-11)23-8-7-19(13)2/h3-5,9-10H,1,6-8H2,2H3,(H,18,21,24). The summed E-state index contributed by atoms with van der Waals surface area (Å²) in [5, 5.41) is 2.62. The van der Waals surface area contributed by atoms with Crippen molar-refractivity contribution in [3.63, 3.8) is 0 Å². The fraction of sp³-hybridized carbons (Fsp3) is 0.235. The molecule has 1 fully saturated rings. The molecule has 0 aromatic heterocycles. The van der Waals surface area contributed by atoms with Crippen molar-refractivity contribution in [1.29, 1.82) is 0 Å². The van der Waals surface area contributed by atoms with Gasteiger partial charge < -0.3 is 9.64 Å². The summed E-state index contributed by atoms with van der Waals surface area (Å²) in [5.74, 6) is -0.194. The molecule has 2 aliphatic rings. The number of likely N-dealkylation sites (N-methyl/N-ethyl adjacent to an activating group) is 1. The lowest BCUT2D eigenvalue weighted by atomic mass is 10.1. The quantitative estimate of drug-likeness (QED) is 0.388. The van der Waals surface area contributed by atoms with E-state index in [9.17, 15) is 9.59 Å². The van der Waals surface area contributed by atoms with Gasteiger partial charge in [0, 0.05) is 13.6 Å². The van der Waals surface area contributed by atoms with Crippen LogP contribution in [0.1, 0.15) is 5.56 Å². The topological polar surface area (TPSA) is 61.9 Å². The maximum Gasteiger partial charge on any atom is 0.265 e. The molecule has 1 N–H and O–H groups in total. The van der Waals surface area contributed by atoms with Crippen LogP contribution in [0.5, 0.6) is 5.75 Å². The van der Waals surface area contributed by atoms with Gasteiger partial charge in [-0.15, -0.1) is 6.58 Å². The molecule has 1 saturated heterocycles. The first-order chi connectivity index (χ1) is 11.5. The minimum Gasteiger partial charge on any atom is -0.490 e. The van der Waals surface area contributed by atoms with Crippen molar-refractivity contribution in [1.82, 2.24) is 10.2 Å². The number of carbonyl (C=O) groups is 2. The third-order valence-electron chi connectivity index (χ3n) is 3.89. The molecular formula is C17H17N3O3S. The predicted octanol–water partition coefficient (Wildman–Crippen LogP) is 1.33. The third-order valence-corrected chi connectivity index (χ3v) is 4.21. The van der Waals surface area contributed by atoms with E-state index in [1.807, 2.05) is 25.2 Å². The Morgan fingerprint density at radius 3 is 2.96 bits per heavy atom. The first-order valence-corrected chi connectivity index (χ1v) is 7.90. The molecule has 0 spiro atoms. The molecule has 2 amide bonds. The number of rotatable bonds is 3. The van der Waals surface area contributed by atoms with Crippen molar-refractivity contribution in [3.8, 4) is 5.75 Å². The Kier molecular flexibility index (Phi) is 4.35. The number of hydrogen-bond donors (Lipinski definition) is 1. The van der Waals surface area contributed by atoms with Gasteiger partial charge in [-0.25, -0.2) is 0 Å². The number of ether oxygens (including phenoxy) is 1. The Balaban J connectivity index is 1.95. The lowest BCUT2D eigenvalue weighted by Gasteiger charge is -2.28. The zero-order valence-electron chi connectivity index (χ0n) is 13.2.